The lowest BCUT2D eigenvalue weighted by Gasteiger charge is -2.19. The molecular formula is C32H33N7O4S2. The monoisotopic (exact) mass is 643 g/mol. The molecule has 45 heavy (non-hydrogen) atoms. The van der Waals surface area contributed by atoms with E-state index in [-0.39, 0.29) is 23.1 Å². The number of aromatic nitrogens is 4. The Morgan fingerprint density at radius 1 is 0.978 bits per heavy atom. The number of nitrogens with one attached hydrogen (secondary N) is 2. The van der Waals surface area contributed by atoms with Gasteiger partial charge in [0.2, 0.25) is 10.3 Å². The lowest BCUT2D eigenvalue weighted by Crippen LogP contribution is -2.24. The SMILES string of the molecule is CC(C)(C)OC(=O)CCCCCNC(=O)c1ccc(-c2csc(-n3[nH]c(-c4ccccc4)c(N=Nc4nccs4)c3=O)n2)cc1. The summed E-state index contributed by atoms with van der Waals surface area (Å²) in [5, 5.41) is 19.0. The summed E-state index contributed by atoms with van der Waals surface area (Å²) >= 11 is 2.63. The van der Waals surface area contributed by atoms with Crippen molar-refractivity contribution >= 4 is 45.4 Å². The maximum Gasteiger partial charge on any atom is 0.306 e. The summed E-state index contributed by atoms with van der Waals surface area (Å²) in [4.78, 5) is 46.7. The Bertz CT molecular complexity index is 1820. The van der Waals surface area contributed by atoms with Crippen molar-refractivity contribution in [3.63, 3.8) is 0 Å². The second kappa shape index (κ2) is 14.4. The van der Waals surface area contributed by atoms with Gasteiger partial charge < -0.3 is 10.1 Å². The number of hydrogen-bond donors (Lipinski definition) is 2. The van der Waals surface area contributed by atoms with Crippen molar-refractivity contribution in [2.45, 2.75) is 52.1 Å². The normalized spacial score (nSPS) is 11.6. The largest absolute Gasteiger partial charge is 0.460 e. The number of nitrogens with zero attached hydrogens (tertiary/aromatic N) is 5. The van der Waals surface area contributed by atoms with Gasteiger partial charge in [-0.1, -0.05) is 48.9 Å². The second-order valence-electron chi connectivity index (χ2n) is 11.1. The van der Waals surface area contributed by atoms with Crippen LogP contribution in [0.4, 0.5) is 10.8 Å². The average molecular weight is 644 g/mol. The first-order valence-corrected chi connectivity index (χ1v) is 16.2. The van der Waals surface area contributed by atoms with E-state index in [0.717, 1.165) is 30.4 Å². The Morgan fingerprint density at radius 3 is 2.47 bits per heavy atom. The smallest absolute Gasteiger partial charge is 0.306 e. The van der Waals surface area contributed by atoms with Gasteiger partial charge in [-0.25, -0.2) is 9.97 Å². The number of ether oxygens (including phenoxy) is 1. The number of esters is 1. The van der Waals surface area contributed by atoms with Crippen LogP contribution in [0, 0.1) is 0 Å². The third kappa shape index (κ3) is 8.46. The predicted octanol–water partition coefficient (Wildman–Crippen LogP) is 7.46. The molecule has 11 nitrogen and oxygen atoms in total. The number of H-pyrrole nitrogens is 1. The molecule has 1 amide bonds. The number of azo groups is 1. The van der Waals surface area contributed by atoms with Crippen LogP contribution in [-0.4, -0.2) is 43.8 Å². The molecule has 0 saturated heterocycles. The van der Waals surface area contributed by atoms with E-state index in [2.05, 4.69) is 30.6 Å². The molecule has 0 fully saturated rings. The van der Waals surface area contributed by atoms with Gasteiger partial charge in [-0.3, -0.25) is 19.5 Å². The summed E-state index contributed by atoms with van der Waals surface area (Å²) in [7, 11) is 0. The molecule has 0 aliphatic heterocycles. The highest BCUT2D eigenvalue weighted by Gasteiger charge is 2.20. The maximum absolute atomic E-state index is 13.5. The quantitative estimate of drug-likeness (QED) is 0.0820. The highest BCUT2D eigenvalue weighted by atomic mass is 32.1. The molecule has 0 spiro atoms. The van der Waals surface area contributed by atoms with Gasteiger partial charge in [-0.2, -0.15) is 4.68 Å². The van der Waals surface area contributed by atoms with E-state index in [9.17, 15) is 14.4 Å². The molecule has 0 atom stereocenters. The number of carbonyl (C=O) groups excluding carboxylic acids is 2. The summed E-state index contributed by atoms with van der Waals surface area (Å²) in [6.45, 7) is 6.07. The summed E-state index contributed by atoms with van der Waals surface area (Å²) < 4.78 is 6.68. The zero-order chi connectivity index (χ0) is 31.8. The highest BCUT2D eigenvalue weighted by Crippen LogP contribution is 2.30. The minimum absolute atomic E-state index is 0.159. The molecule has 2 aromatic carbocycles. The second-order valence-corrected chi connectivity index (χ2v) is 12.8. The van der Waals surface area contributed by atoms with E-state index in [0.29, 0.717) is 40.2 Å². The van der Waals surface area contributed by atoms with Gasteiger partial charge >= 0.3 is 11.5 Å². The van der Waals surface area contributed by atoms with Crippen molar-refractivity contribution in [1.29, 1.82) is 0 Å². The van der Waals surface area contributed by atoms with Gasteiger partial charge in [0, 0.05) is 46.6 Å². The van der Waals surface area contributed by atoms with Gasteiger partial charge in [0.15, 0.2) is 5.69 Å². The van der Waals surface area contributed by atoms with E-state index in [4.69, 9.17) is 4.74 Å². The number of amides is 1. The molecular weight excluding hydrogens is 611 g/mol. The van der Waals surface area contributed by atoms with Crippen molar-refractivity contribution in [2.75, 3.05) is 6.54 Å². The zero-order valence-corrected chi connectivity index (χ0v) is 26.8. The van der Waals surface area contributed by atoms with Crippen LogP contribution in [0.1, 0.15) is 56.8 Å². The summed E-state index contributed by atoms with van der Waals surface area (Å²) in [5.41, 5.74) is 2.62. The molecule has 0 aliphatic rings. The molecule has 0 saturated carbocycles. The molecule has 5 rings (SSSR count). The molecule has 3 aromatic heterocycles. The van der Waals surface area contributed by atoms with E-state index in [1.54, 1.807) is 23.7 Å². The summed E-state index contributed by atoms with van der Waals surface area (Å²) in [5.74, 6) is -0.368. The van der Waals surface area contributed by atoms with Crippen LogP contribution in [0.5, 0.6) is 0 Å². The van der Waals surface area contributed by atoms with Crippen LogP contribution in [0.3, 0.4) is 0 Å². The predicted molar refractivity (Wildman–Crippen MR) is 176 cm³/mol. The van der Waals surface area contributed by atoms with Crippen molar-refractivity contribution in [1.82, 2.24) is 25.1 Å². The maximum atomic E-state index is 13.5. The standard InChI is InChI=1S/C32H33N7O4S2/c1-32(2,3)43-25(40)12-8-5-9-17-33-28(41)23-15-13-21(14-16-23)24-20-45-31(35-24)39-29(42)27(36-37-30-34-18-19-44-30)26(38-39)22-10-6-4-7-11-22/h4,6-7,10-11,13-16,18-20,38H,5,8-9,12,17H2,1-3H3,(H,33,41). The fraction of sp³-hybridized carbons (Fsp3) is 0.281. The van der Waals surface area contributed by atoms with Gasteiger partial charge in [0.05, 0.1) is 11.4 Å². The molecule has 5 aromatic rings. The average Bonchev–Trinajstić information content (AvgIpc) is 3.78. The van der Waals surface area contributed by atoms with Crippen LogP contribution in [0.15, 0.2) is 86.6 Å². The number of carbonyl (C=O) groups is 2. The van der Waals surface area contributed by atoms with Gasteiger partial charge in [-0.05, 0) is 45.7 Å². The van der Waals surface area contributed by atoms with Crippen LogP contribution in [-0.2, 0) is 9.53 Å². The van der Waals surface area contributed by atoms with Crippen molar-refractivity contribution in [3.05, 3.63) is 87.5 Å². The van der Waals surface area contributed by atoms with E-state index < -0.39 is 5.60 Å². The number of aromatic amines is 1. The van der Waals surface area contributed by atoms with Crippen molar-refractivity contribution < 1.29 is 14.3 Å². The molecule has 0 aliphatic carbocycles. The van der Waals surface area contributed by atoms with Crippen LogP contribution in [0.25, 0.3) is 27.6 Å². The first-order valence-electron chi connectivity index (χ1n) is 14.5. The van der Waals surface area contributed by atoms with Gasteiger partial charge in [-0.15, -0.1) is 32.9 Å². The lowest BCUT2D eigenvalue weighted by atomic mass is 10.1. The Hall–Kier alpha value is -4.75. The Morgan fingerprint density at radius 2 is 1.76 bits per heavy atom. The number of unbranched alkanes of at least 4 members (excludes halogenated alkanes) is 2. The Labute approximate surface area is 268 Å². The molecule has 0 radical (unpaired) electrons. The van der Waals surface area contributed by atoms with Crippen LogP contribution in [0.2, 0.25) is 0 Å². The van der Waals surface area contributed by atoms with Gasteiger partial charge in [0.25, 0.3) is 5.91 Å². The Balaban J connectivity index is 1.22. The molecule has 0 unspecified atom stereocenters. The van der Waals surface area contributed by atoms with E-state index in [1.165, 1.54) is 27.4 Å². The number of thiazole rings is 2. The summed E-state index contributed by atoms with van der Waals surface area (Å²) in [6.07, 6.45) is 4.30. The zero-order valence-electron chi connectivity index (χ0n) is 25.1. The third-order valence-electron chi connectivity index (χ3n) is 6.47. The molecule has 2 N–H and O–H groups in total. The molecule has 13 heteroatoms. The first kappa shape index (κ1) is 31.7. The fourth-order valence-electron chi connectivity index (χ4n) is 4.38. The summed E-state index contributed by atoms with van der Waals surface area (Å²) in [6, 6.07) is 16.6. The lowest BCUT2D eigenvalue weighted by molar-refractivity contribution is -0.154. The topological polar surface area (TPSA) is 144 Å². The van der Waals surface area contributed by atoms with Crippen LogP contribution < -0.4 is 10.9 Å². The molecule has 3 heterocycles. The number of benzene rings is 2. The molecule has 0 bridgehead atoms. The Kier molecular flexibility index (Phi) is 10.1. The van der Waals surface area contributed by atoms with Gasteiger partial charge in [0.1, 0.15) is 5.60 Å². The highest BCUT2D eigenvalue weighted by molar-refractivity contribution is 7.13. The third-order valence-corrected chi connectivity index (χ3v) is 7.95. The first-order chi connectivity index (χ1) is 21.7. The van der Waals surface area contributed by atoms with Crippen LogP contribution >= 0.6 is 22.7 Å². The minimum atomic E-state index is -0.476. The van der Waals surface area contributed by atoms with Crippen molar-refractivity contribution in [3.8, 4) is 27.6 Å². The molecule has 232 valence electrons. The van der Waals surface area contributed by atoms with Crippen molar-refractivity contribution in [2.24, 2.45) is 10.2 Å². The number of rotatable bonds is 12. The van der Waals surface area contributed by atoms with E-state index >= 15 is 0 Å². The van der Waals surface area contributed by atoms with E-state index in [1.807, 2.05) is 68.6 Å². The minimum Gasteiger partial charge on any atom is -0.460 e. The number of hydrogen-bond acceptors (Lipinski definition) is 10. The fourth-order valence-corrected chi connectivity index (χ4v) is 5.62.